The fourth-order valence-corrected chi connectivity index (χ4v) is 4.20. The highest BCUT2D eigenvalue weighted by atomic mass is 32.2. The molecule has 4 nitrogen and oxygen atoms in total. The number of nitrogens with zero attached hydrogens (tertiary/aromatic N) is 3. The lowest BCUT2D eigenvalue weighted by Crippen LogP contribution is -2.36. The number of anilines is 1. The van der Waals surface area contributed by atoms with Crippen LogP contribution in [0.3, 0.4) is 0 Å². The van der Waals surface area contributed by atoms with Crippen molar-refractivity contribution < 1.29 is 9.18 Å². The Bertz CT molecular complexity index is 926. The molecule has 0 saturated carbocycles. The van der Waals surface area contributed by atoms with E-state index in [0.29, 0.717) is 23.8 Å². The molecule has 7 heteroatoms. The predicted octanol–water partition coefficient (Wildman–Crippen LogP) is 4.37. The van der Waals surface area contributed by atoms with E-state index in [0.717, 1.165) is 15.1 Å². The molecule has 3 rings (SSSR count). The average molecular weight is 390 g/mol. The number of halogens is 1. The summed E-state index contributed by atoms with van der Waals surface area (Å²) in [6.45, 7) is 1.17. The Morgan fingerprint density at radius 2 is 1.96 bits per heavy atom. The molecule has 0 aliphatic rings. The molecule has 26 heavy (non-hydrogen) atoms. The van der Waals surface area contributed by atoms with Gasteiger partial charge in [-0.05, 0) is 50.7 Å². The zero-order valence-corrected chi connectivity index (χ0v) is 16.5. The van der Waals surface area contributed by atoms with Crippen molar-refractivity contribution in [2.75, 3.05) is 38.3 Å². The van der Waals surface area contributed by atoms with Gasteiger partial charge < -0.3 is 4.90 Å². The van der Waals surface area contributed by atoms with E-state index >= 15 is 0 Å². The van der Waals surface area contributed by atoms with Gasteiger partial charge in [0.05, 0.1) is 10.2 Å². The summed E-state index contributed by atoms with van der Waals surface area (Å²) in [7, 11) is 3.91. The van der Waals surface area contributed by atoms with Crippen LogP contribution < -0.4 is 4.90 Å². The summed E-state index contributed by atoms with van der Waals surface area (Å²) in [6.07, 6.45) is 2.01. The van der Waals surface area contributed by atoms with E-state index in [2.05, 4.69) is 0 Å². The number of thiazole rings is 1. The Morgan fingerprint density at radius 3 is 2.65 bits per heavy atom. The summed E-state index contributed by atoms with van der Waals surface area (Å²) < 4.78 is 14.6. The first kappa shape index (κ1) is 18.8. The molecule has 0 radical (unpaired) electrons. The molecule has 0 atom stereocenters. The molecule has 0 N–H and O–H groups in total. The lowest BCUT2D eigenvalue weighted by atomic mass is 10.2. The number of carbonyl (C=O) groups is 1. The zero-order chi connectivity index (χ0) is 18.7. The van der Waals surface area contributed by atoms with Gasteiger partial charge in [-0.15, -0.1) is 11.8 Å². The monoisotopic (exact) mass is 389 g/mol. The molecule has 1 aromatic heterocycles. The van der Waals surface area contributed by atoms with Gasteiger partial charge in [0, 0.05) is 23.5 Å². The topological polar surface area (TPSA) is 36.4 Å². The van der Waals surface area contributed by atoms with Gasteiger partial charge in [0.15, 0.2) is 5.13 Å². The molecule has 0 fully saturated rings. The number of amides is 1. The third-order valence-corrected chi connectivity index (χ3v) is 5.72. The molecule has 136 valence electrons. The normalized spacial score (nSPS) is 11.3. The molecule has 0 saturated heterocycles. The summed E-state index contributed by atoms with van der Waals surface area (Å²) in [5.41, 5.74) is 1.23. The number of benzene rings is 2. The Balaban J connectivity index is 2.02. The highest BCUT2D eigenvalue weighted by Gasteiger charge is 2.22. The predicted molar refractivity (Wildman–Crippen MR) is 108 cm³/mol. The molecule has 0 unspecified atom stereocenters. The van der Waals surface area contributed by atoms with Crippen molar-refractivity contribution >= 4 is 44.4 Å². The number of thioether (sulfide) groups is 1. The number of fused-ring (bicyclic) bond motifs is 1. The van der Waals surface area contributed by atoms with Crippen LogP contribution in [-0.2, 0) is 0 Å². The first-order valence-electron chi connectivity index (χ1n) is 8.15. The van der Waals surface area contributed by atoms with Crippen molar-refractivity contribution in [1.82, 2.24) is 9.88 Å². The highest BCUT2D eigenvalue weighted by Crippen LogP contribution is 2.34. The number of hydrogen-bond donors (Lipinski definition) is 0. The molecule has 0 spiro atoms. The summed E-state index contributed by atoms with van der Waals surface area (Å²) in [5, 5.41) is 0.637. The molecule has 0 bridgehead atoms. The van der Waals surface area contributed by atoms with Crippen molar-refractivity contribution in [3.05, 3.63) is 53.8 Å². The molecular weight excluding hydrogens is 369 g/mol. The molecule has 0 aliphatic carbocycles. The van der Waals surface area contributed by atoms with Gasteiger partial charge in [-0.25, -0.2) is 9.37 Å². The van der Waals surface area contributed by atoms with Crippen LogP contribution in [0, 0.1) is 5.82 Å². The molecule has 3 aromatic rings. The first-order chi connectivity index (χ1) is 12.5. The third-order valence-electron chi connectivity index (χ3n) is 3.91. The largest absolute Gasteiger partial charge is 0.308 e. The van der Waals surface area contributed by atoms with Crippen LogP contribution in [0.1, 0.15) is 10.4 Å². The van der Waals surface area contributed by atoms with Gasteiger partial charge in [0.25, 0.3) is 5.91 Å². The number of hydrogen-bond acceptors (Lipinski definition) is 5. The minimum atomic E-state index is -0.419. The summed E-state index contributed by atoms with van der Waals surface area (Å²) in [6, 6.07) is 11.8. The summed E-state index contributed by atoms with van der Waals surface area (Å²) in [4.78, 5) is 22.5. The van der Waals surface area contributed by atoms with Crippen LogP contribution in [0.4, 0.5) is 9.52 Å². The Morgan fingerprint density at radius 1 is 1.19 bits per heavy atom. The van der Waals surface area contributed by atoms with E-state index in [4.69, 9.17) is 4.98 Å². The Labute approximate surface area is 160 Å². The second-order valence-corrected chi connectivity index (χ2v) is 7.93. The SMILES string of the molecule is CSc1cccc2sc(N(CCN(C)C)C(=O)c3cccc(F)c3)nc12. The summed E-state index contributed by atoms with van der Waals surface area (Å²) in [5.74, 6) is -0.659. The van der Waals surface area contributed by atoms with Crippen LogP contribution in [0.15, 0.2) is 47.4 Å². The number of rotatable bonds is 6. The van der Waals surface area contributed by atoms with Gasteiger partial charge in [0.1, 0.15) is 5.82 Å². The lowest BCUT2D eigenvalue weighted by Gasteiger charge is -2.22. The quantitative estimate of drug-likeness (QED) is 0.587. The van der Waals surface area contributed by atoms with Gasteiger partial charge in [0.2, 0.25) is 0 Å². The van der Waals surface area contributed by atoms with E-state index in [1.54, 1.807) is 28.8 Å². The number of likely N-dealkylation sites (N-methyl/N-ethyl adjacent to an activating group) is 1. The maximum absolute atomic E-state index is 13.6. The van der Waals surface area contributed by atoms with E-state index in [-0.39, 0.29) is 5.91 Å². The zero-order valence-electron chi connectivity index (χ0n) is 14.9. The first-order valence-corrected chi connectivity index (χ1v) is 10.2. The molecule has 2 aromatic carbocycles. The van der Waals surface area contributed by atoms with Crippen molar-refractivity contribution in [3.63, 3.8) is 0 Å². The van der Waals surface area contributed by atoms with E-state index < -0.39 is 5.82 Å². The molecule has 1 heterocycles. The summed E-state index contributed by atoms with van der Waals surface area (Å²) >= 11 is 3.11. The maximum Gasteiger partial charge on any atom is 0.260 e. The van der Waals surface area contributed by atoms with Crippen molar-refractivity contribution in [2.24, 2.45) is 0 Å². The van der Waals surface area contributed by atoms with Gasteiger partial charge in [-0.3, -0.25) is 9.69 Å². The maximum atomic E-state index is 13.6. The minimum Gasteiger partial charge on any atom is -0.308 e. The fourth-order valence-electron chi connectivity index (χ4n) is 2.55. The van der Waals surface area contributed by atoms with Crippen molar-refractivity contribution in [2.45, 2.75) is 4.90 Å². The van der Waals surface area contributed by atoms with Crippen LogP contribution in [0.25, 0.3) is 10.2 Å². The highest BCUT2D eigenvalue weighted by molar-refractivity contribution is 7.98. The minimum absolute atomic E-state index is 0.240. The molecular formula is C19H20FN3OS2. The average Bonchev–Trinajstić information content (AvgIpc) is 3.05. The number of aromatic nitrogens is 1. The van der Waals surface area contributed by atoms with E-state index in [1.165, 1.54) is 23.5 Å². The van der Waals surface area contributed by atoms with Crippen LogP contribution in [0.2, 0.25) is 0 Å². The van der Waals surface area contributed by atoms with Crippen LogP contribution in [-0.4, -0.2) is 49.2 Å². The number of carbonyl (C=O) groups excluding carboxylic acids is 1. The van der Waals surface area contributed by atoms with Crippen molar-refractivity contribution in [3.8, 4) is 0 Å². The van der Waals surface area contributed by atoms with E-state index in [9.17, 15) is 9.18 Å². The standard InChI is InChI=1S/C19H20FN3OS2/c1-22(2)10-11-23(18(24)13-6-4-7-14(20)12-13)19-21-17-15(25-3)8-5-9-16(17)26-19/h4-9,12H,10-11H2,1-3H3. The fraction of sp³-hybridized carbons (Fsp3) is 0.263. The van der Waals surface area contributed by atoms with Gasteiger partial charge in [-0.2, -0.15) is 0 Å². The second-order valence-electron chi connectivity index (χ2n) is 6.07. The van der Waals surface area contributed by atoms with Crippen LogP contribution >= 0.6 is 23.1 Å². The molecule has 1 amide bonds. The second kappa shape index (κ2) is 8.16. The van der Waals surface area contributed by atoms with Crippen LogP contribution in [0.5, 0.6) is 0 Å². The van der Waals surface area contributed by atoms with Crippen molar-refractivity contribution in [1.29, 1.82) is 0 Å². The lowest BCUT2D eigenvalue weighted by molar-refractivity contribution is 0.0985. The molecule has 0 aliphatic heterocycles. The third kappa shape index (κ3) is 4.06. The smallest absolute Gasteiger partial charge is 0.260 e. The number of para-hydroxylation sites is 1. The Hall–Kier alpha value is -1.96. The van der Waals surface area contributed by atoms with E-state index in [1.807, 2.05) is 43.5 Å². The Kier molecular flexibility index (Phi) is 5.90. The van der Waals surface area contributed by atoms with Gasteiger partial charge >= 0.3 is 0 Å². The van der Waals surface area contributed by atoms with Gasteiger partial charge in [-0.1, -0.05) is 23.5 Å².